The Morgan fingerprint density at radius 2 is 1.81 bits per heavy atom. The Morgan fingerprint density at radius 3 is 2.59 bits per heavy atom. The number of carbonyl (C=O) groups excluding carboxylic acids is 1. The smallest absolute Gasteiger partial charge is 0.272 e. The lowest BCUT2D eigenvalue weighted by atomic mass is 9.90. The van der Waals surface area contributed by atoms with Gasteiger partial charge in [0, 0.05) is 41.8 Å². The number of likely N-dealkylation sites (tertiary alicyclic amines) is 1. The quantitative estimate of drug-likeness (QED) is 0.384. The highest BCUT2D eigenvalue weighted by Gasteiger charge is 2.26. The van der Waals surface area contributed by atoms with Gasteiger partial charge in [0.2, 0.25) is 0 Å². The van der Waals surface area contributed by atoms with Gasteiger partial charge in [0.25, 0.3) is 5.91 Å². The van der Waals surface area contributed by atoms with Crippen molar-refractivity contribution in [2.45, 2.75) is 18.8 Å². The number of H-pyrrole nitrogens is 1. The lowest BCUT2D eigenvalue weighted by Crippen LogP contribution is -2.38. The van der Waals surface area contributed by atoms with Crippen LogP contribution >= 0.6 is 11.3 Å². The number of fused-ring (bicyclic) bond motifs is 3. The third-order valence-corrected chi connectivity index (χ3v) is 7.31. The van der Waals surface area contributed by atoms with E-state index in [4.69, 9.17) is 4.98 Å². The molecule has 5 heterocycles. The predicted octanol–water partition coefficient (Wildman–Crippen LogP) is 5.86. The van der Waals surface area contributed by atoms with Crippen molar-refractivity contribution in [3.8, 4) is 10.6 Å². The van der Waals surface area contributed by atoms with E-state index < -0.39 is 0 Å². The lowest BCUT2D eigenvalue weighted by Gasteiger charge is -2.32. The van der Waals surface area contributed by atoms with Crippen LogP contribution in [-0.4, -0.2) is 38.8 Å². The molecule has 6 heteroatoms. The number of piperidine rings is 1. The largest absolute Gasteiger partial charge is 0.353 e. The standard InChI is InChI=1S/C26H22N4OS/c31-26(30-13-9-18(10-14-30)17-7-11-27-12-8-17)22-16-20-19-4-1-2-5-21(19)28-24(20)25(29-22)23-6-3-15-32-23/h1-8,11-12,15-16,18,28H,9-10,13-14H2. The van der Waals surface area contributed by atoms with E-state index in [0.29, 0.717) is 11.6 Å². The van der Waals surface area contributed by atoms with Crippen molar-refractivity contribution in [3.05, 3.63) is 83.6 Å². The van der Waals surface area contributed by atoms with E-state index >= 15 is 0 Å². The molecule has 1 N–H and O–H groups in total. The van der Waals surface area contributed by atoms with Gasteiger partial charge >= 0.3 is 0 Å². The highest BCUT2D eigenvalue weighted by molar-refractivity contribution is 7.13. The van der Waals surface area contributed by atoms with Crippen molar-refractivity contribution in [1.82, 2.24) is 19.9 Å². The lowest BCUT2D eigenvalue weighted by molar-refractivity contribution is 0.0707. The van der Waals surface area contributed by atoms with E-state index in [2.05, 4.69) is 40.3 Å². The van der Waals surface area contributed by atoms with Crippen LogP contribution in [0, 0.1) is 0 Å². The van der Waals surface area contributed by atoms with Gasteiger partial charge in [0.15, 0.2) is 0 Å². The molecule has 0 bridgehead atoms. The molecule has 0 atom stereocenters. The molecule has 5 aromatic rings. The van der Waals surface area contributed by atoms with E-state index in [0.717, 1.165) is 58.3 Å². The van der Waals surface area contributed by atoms with E-state index in [-0.39, 0.29) is 5.91 Å². The molecular weight excluding hydrogens is 416 g/mol. The average Bonchev–Trinajstić information content (AvgIpc) is 3.52. The predicted molar refractivity (Wildman–Crippen MR) is 129 cm³/mol. The molecule has 32 heavy (non-hydrogen) atoms. The fourth-order valence-electron chi connectivity index (χ4n) is 4.76. The minimum atomic E-state index is 0.0168. The Bertz CT molecular complexity index is 1400. The number of nitrogens with one attached hydrogen (secondary N) is 1. The zero-order valence-electron chi connectivity index (χ0n) is 17.5. The summed E-state index contributed by atoms with van der Waals surface area (Å²) in [5.74, 6) is 0.496. The Balaban J connectivity index is 1.36. The van der Waals surface area contributed by atoms with Crippen LogP contribution in [0.4, 0.5) is 0 Å². The first kappa shape index (κ1) is 19.2. The van der Waals surface area contributed by atoms with Crippen molar-refractivity contribution in [2.24, 2.45) is 0 Å². The number of thiophene rings is 1. The Kier molecular flexibility index (Phi) is 4.72. The Morgan fingerprint density at radius 1 is 1.00 bits per heavy atom. The Labute approximate surface area is 189 Å². The molecule has 1 aliphatic heterocycles. The molecule has 0 unspecified atom stereocenters. The fraction of sp³-hybridized carbons (Fsp3) is 0.192. The Hall–Kier alpha value is -3.51. The van der Waals surface area contributed by atoms with Crippen LogP contribution < -0.4 is 0 Å². The zero-order chi connectivity index (χ0) is 21.5. The van der Waals surface area contributed by atoms with E-state index in [1.54, 1.807) is 11.3 Å². The molecule has 1 amide bonds. The molecule has 0 saturated carbocycles. The molecule has 0 spiro atoms. The molecular formula is C26H22N4OS. The number of nitrogens with zero attached hydrogens (tertiary/aromatic N) is 3. The summed E-state index contributed by atoms with van der Waals surface area (Å²) in [5.41, 5.74) is 4.73. The number of hydrogen-bond donors (Lipinski definition) is 1. The number of benzene rings is 1. The summed E-state index contributed by atoms with van der Waals surface area (Å²) in [7, 11) is 0. The molecule has 0 radical (unpaired) electrons. The molecule has 1 aromatic carbocycles. The van der Waals surface area contributed by atoms with Crippen molar-refractivity contribution < 1.29 is 4.79 Å². The maximum atomic E-state index is 13.5. The van der Waals surface area contributed by atoms with Crippen molar-refractivity contribution in [2.75, 3.05) is 13.1 Å². The second-order valence-electron chi connectivity index (χ2n) is 8.27. The average molecular weight is 439 g/mol. The summed E-state index contributed by atoms with van der Waals surface area (Å²) >= 11 is 1.64. The number of pyridine rings is 2. The van der Waals surface area contributed by atoms with Gasteiger partial charge in [-0.2, -0.15) is 0 Å². The highest BCUT2D eigenvalue weighted by Crippen LogP contribution is 2.35. The number of hydrogen-bond acceptors (Lipinski definition) is 4. The van der Waals surface area contributed by atoms with Crippen LogP contribution in [0.2, 0.25) is 0 Å². The monoisotopic (exact) mass is 438 g/mol. The number of amides is 1. The van der Waals surface area contributed by atoms with Crippen molar-refractivity contribution in [3.63, 3.8) is 0 Å². The fourth-order valence-corrected chi connectivity index (χ4v) is 5.48. The maximum absolute atomic E-state index is 13.5. The SMILES string of the molecule is O=C(c1cc2c([nH]c3ccccc32)c(-c2cccs2)n1)N1CCC(c2ccncc2)CC1. The van der Waals surface area contributed by atoms with E-state index in [1.807, 2.05) is 46.9 Å². The van der Waals surface area contributed by atoms with Gasteiger partial charge in [-0.15, -0.1) is 11.3 Å². The molecule has 1 saturated heterocycles. The van der Waals surface area contributed by atoms with E-state index in [1.165, 1.54) is 5.56 Å². The minimum absolute atomic E-state index is 0.0168. The molecule has 158 valence electrons. The van der Waals surface area contributed by atoms with Crippen LogP contribution in [0.5, 0.6) is 0 Å². The first-order valence-corrected chi connectivity index (χ1v) is 11.8. The van der Waals surface area contributed by atoms with Gasteiger partial charge in [0.1, 0.15) is 11.4 Å². The van der Waals surface area contributed by atoms with Gasteiger partial charge in [0.05, 0.1) is 10.4 Å². The number of para-hydroxylation sites is 1. The van der Waals surface area contributed by atoms with Crippen LogP contribution in [0.25, 0.3) is 32.4 Å². The molecule has 1 fully saturated rings. The molecule has 4 aromatic heterocycles. The van der Waals surface area contributed by atoms with Crippen molar-refractivity contribution >= 4 is 39.0 Å². The third-order valence-electron chi connectivity index (χ3n) is 6.43. The normalized spacial score (nSPS) is 14.9. The molecule has 5 nitrogen and oxygen atoms in total. The van der Waals surface area contributed by atoms with Gasteiger partial charge in [-0.25, -0.2) is 4.98 Å². The topological polar surface area (TPSA) is 61.9 Å². The van der Waals surface area contributed by atoms with Crippen LogP contribution in [0.3, 0.4) is 0 Å². The maximum Gasteiger partial charge on any atom is 0.272 e. The number of aromatic nitrogens is 3. The van der Waals surface area contributed by atoms with Gasteiger partial charge < -0.3 is 9.88 Å². The second-order valence-corrected chi connectivity index (χ2v) is 9.22. The van der Waals surface area contributed by atoms with Crippen molar-refractivity contribution in [1.29, 1.82) is 0 Å². The van der Waals surface area contributed by atoms with Crippen LogP contribution in [0.15, 0.2) is 72.4 Å². The molecule has 0 aliphatic carbocycles. The number of aromatic amines is 1. The van der Waals surface area contributed by atoms with Crippen LogP contribution in [-0.2, 0) is 0 Å². The van der Waals surface area contributed by atoms with Gasteiger partial charge in [-0.1, -0.05) is 24.3 Å². The van der Waals surface area contributed by atoms with Gasteiger partial charge in [-0.3, -0.25) is 9.78 Å². The highest BCUT2D eigenvalue weighted by atomic mass is 32.1. The second kappa shape index (κ2) is 7.88. The summed E-state index contributed by atoms with van der Waals surface area (Å²) in [4.78, 5) is 29.0. The first-order valence-electron chi connectivity index (χ1n) is 10.9. The summed E-state index contributed by atoms with van der Waals surface area (Å²) < 4.78 is 0. The summed E-state index contributed by atoms with van der Waals surface area (Å²) in [6.45, 7) is 1.49. The molecule has 6 rings (SSSR count). The van der Waals surface area contributed by atoms with Gasteiger partial charge in [-0.05, 0) is 60.0 Å². The summed E-state index contributed by atoms with van der Waals surface area (Å²) in [6, 6.07) is 18.4. The number of rotatable bonds is 3. The minimum Gasteiger partial charge on any atom is -0.353 e. The third kappa shape index (κ3) is 3.28. The number of carbonyl (C=O) groups is 1. The molecule has 1 aliphatic rings. The van der Waals surface area contributed by atoms with E-state index in [9.17, 15) is 4.79 Å². The summed E-state index contributed by atoms with van der Waals surface area (Å²) in [5, 5.41) is 4.21. The zero-order valence-corrected chi connectivity index (χ0v) is 18.3. The first-order chi connectivity index (χ1) is 15.8. The van der Waals surface area contributed by atoms with Crippen LogP contribution in [0.1, 0.15) is 34.8 Å². The summed E-state index contributed by atoms with van der Waals surface area (Å²) in [6.07, 6.45) is 5.62.